The molecule has 2 rings (SSSR count). The largest absolute Gasteiger partial charge is 0.352 e. The van der Waals surface area contributed by atoms with Gasteiger partial charge in [-0.3, -0.25) is 13.9 Å². The van der Waals surface area contributed by atoms with Gasteiger partial charge in [-0.25, -0.2) is 8.42 Å². The predicted molar refractivity (Wildman–Crippen MR) is 142 cm³/mol. The fraction of sp³-hybridized carbons (Fsp3) is 0.440. The van der Waals surface area contributed by atoms with Gasteiger partial charge in [-0.15, -0.1) is 0 Å². The third kappa shape index (κ3) is 7.59. The first kappa shape index (κ1) is 28.9. The molecule has 192 valence electrons. The number of carbonyl (C=O) groups excluding carboxylic acids is 2. The van der Waals surface area contributed by atoms with Gasteiger partial charge < -0.3 is 10.2 Å². The standard InChI is InChI=1S/C25H33Cl2N3O4S/c1-7-18(4)28-25(32)19(5)29(14-20-21(26)9-8-10-22(20)27)24(31)15-30(35(6,33)34)23-12-11-16(2)13-17(23)3/h8-13,18-19H,7,14-15H2,1-6H3,(H,28,32)/t18-,19-/m1/s1. The number of sulfonamides is 1. The van der Waals surface area contributed by atoms with Crippen LogP contribution in [0.3, 0.4) is 0 Å². The lowest BCUT2D eigenvalue weighted by atomic mass is 10.1. The molecule has 1 N–H and O–H groups in total. The topological polar surface area (TPSA) is 86.8 Å². The summed E-state index contributed by atoms with van der Waals surface area (Å²) < 4.78 is 26.5. The molecule has 7 nitrogen and oxygen atoms in total. The van der Waals surface area contributed by atoms with E-state index in [1.807, 2.05) is 26.8 Å². The molecule has 0 bridgehead atoms. The quantitative estimate of drug-likeness (QED) is 0.471. The molecule has 0 aliphatic rings. The maximum Gasteiger partial charge on any atom is 0.244 e. The zero-order valence-electron chi connectivity index (χ0n) is 20.9. The van der Waals surface area contributed by atoms with Crippen molar-refractivity contribution in [2.45, 2.75) is 59.7 Å². The Bertz CT molecular complexity index is 1170. The lowest BCUT2D eigenvalue weighted by molar-refractivity contribution is -0.139. The Morgan fingerprint density at radius 1 is 1.06 bits per heavy atom. The fourth-order valence-corrected chi connectivity index (χ4v) is 5.01. The molecule has 0 heterocycles. The highest BCUT2D eigenvalue weighted by Crippen LogP contribution is 2.28. The second-order valence-electron chi connectivity index (χ2n) is 8.78. The van der Waals surface area contributed by atoms with Gasteiger partial charge in [-0.2, -0.15) is 0 Å². The molecule has 0 saturated heterocycles. The van der Waals surface area contributed by atoms with Crippen LogP contribution in [0.25, 0.3) is 0 Å². The van der Waals surface area contributed by atoms with Crippen LogP contribution in [0.4, 0.5) is 5.69 Å². The second-order valence-corrected chi connectivity index (χ2v) is 11.5. The van der Waals surface area contributed by atoms with E-state index in [-0.39, 0.29) is 18.5 Å². The Balaban J connectivity index is 2.48. The van der Waals surface area contributed by atoms with E-state index in [9.17, 15) is 18.0 Å². The predicted octanol–water partition coefficient (Wildman–Crippen LogP) is 4.71. The molecule has 2 atom stereocenters. The van der Waals surface area contributed by atoms with E-state index in [1.54, 1.807) is 44.2 Å². The van der Waals surface area contributed by atoms with Gasteiger partial charge in [-0.05, 0) is 57.9 Å². The van der Waals surface area contributed by atoms with E-state index in [0.29, 0.717) is 26.9 Å². The molecule has 0 spiro atoms. The van der Waals surface area contributed by atoms with Crippen molar-refractivity contribution in [3.8, 4) is 0 Å². The van der Waals surface area contributed by atoms with Crippen molar-refractivity contribution in [1.82, 2.24) is 10.2 Å². The normalized spacial score (nSPS) is 13.1. The first-order chi connectivity index (χ1) is 16.3. The Hall–Kier alpha value is -2.29. The minimum Gasteiger partial charge on any atom is -0.352 e. The molecule has 2 amide bonds. The van der Waals surface area contributed by atoms with Gasteiger partial charge in [-0.1, -0.05) is 53.9 Å². The van der Waals surface area contributed by atoms with Gasteiger partial charge in [0.1, 0.15) is 12.6 Å². The van der Waals surface area contributed by atoms with E-state index < -0.39 is 28.5 Å². The number of hydrogen-bond acceptors (Lipinski definition) is 4. The lowest BCUT2D eigenvalue weighted by Crippen LogP contribution is -2.52. The summed E-state index contributed by atoms with van der Waals surface area (Å²) in [5, 5.41) is 3.57. The summed E-state index contributed by atoms with van der Waals surface area (Å²) >= 11 is 12.7. The molecule has 0 aliphatic carbocycles. The monoisotopic (exact) mass is 541 g/mol. The van der Waals surface area contributed by atoms with Gasteiger partial charge in [0.15, 0.2) is 0 Å². The fourth-order valence-electron chi connectivity index (χ4n) is 3.58. The number of aryl methyl sites for hydroxylation is 2. The summed E-state index contributed by atoms with van der Waals surface area (Å²) in [4.78, 5) is 27.9. The van der Waals surface area contributed by atoms with Crippen LogP contribution in [0.2, 0.25) is 10.0 Å². The van der Waals surface area contributed by atoms with Crippen molar-refractivity contribution in [3.05, 3.63) is 63.1 Å². The average Bonchev–Trinajstić information content (AvgIpc) is 2.76. The number of nitrogens with zero attached hydrogens (tertiary/aromatic N) is 2. The maximum absolute atomic E-state index is 13.6. The van der Waals surface area contributed by atoms with Crippen molar-refractivity contribution >= 4 is 50.7 Å². The molecule has 0 aromatic heterocycles. The first-order valence-electron chi connectivity index (χ1n) is 11.3. The Morgan fingerprint density at radius 2 is 1.66 bits per heavy atom. The summed E-state index contributed by atoms with van der Waals surface area (Å²) in [5.74, 6) is -0.911. The highest BCUT2D eigenvalue weighted by molar-refractivity contribution is 7.92. The first-order valence-corrected chi connectivity index (χ1v) is 13.9. The number of anilines is 1. The molecule has 0 aliphatic heterocycles. The maximum atomic E-state index is 13.6. The molecule has 0 saturated carbocycles. The third-order valence-electron chi connectivity index (χ3n) is 5.86. The van der Waals surface area contributed by atoms with E-state index >= 15 is 0 Å². The summed E-state index contributed by atoms with van der Waals surface area (Å²) in [5.41, 5.74) is 2.56. The van der Waals surface area contributed by atoms with Crippen LogP contribution in [0.1, 0.15) is 43.9 Å². The molecule has 35 heavy (non-hydrogen) atoms. The van der Waals surface area contributed by atoms with Crippen molar-refractivity contribution in [3.63, 3.8) is 0 Å². The zero-order valence-corrected chi connectivity index (χ0v) is 23.3. The minimum atomic E-state index is -3.81. The smallest absolute Gasteiger partial charge is 0.244 e. The van der Waals surface area contributed by atoms with Crippen LogP contribution in [0.15, 0.2) is 36.4 Å². The van der Waals surface area contributed by atoms with E-state index in [4.69, 9.17) is 23.2 Å². The molecule has 10 heteroatoms. The van der Waals surface area contributed by atoms with Crippen molar-refractivity contribution in [2.24, 2.45) is 0 Å². The highest BCUT2D eigenvalue weighted by Gasteiger charge is 2.31. The van der Waals surface area contributed by atoms with E-state index in [1.165, 1.54) is 4.90 Å². The Kier molecular flexibility index (Phi) is 10.0. The Labute approximate surface area is 218 Å². The van der Waals surface area contributed by atoms with Crippen LogP contribution in [0, 0.1) is 13.8 Å². The summed E-state index contributed by atoms with van der Waals surface area (Å²) in [7, 11) is -3.81. The van der Waals surface area contributed by atoms with Crippen molar-refractivity contribution in [1.29, 1.82) is 0 Å². The number of nitrogens with one attached hydrogen (secondary N) is 1. The SMILES string of the molecule is CC[C@@H](C)NC(=O)[C@@H](C)N(Cc1c(Cl)cccc1Cl)C(=O)CN(c1ccc(C)cc1C)S(C)(=O)=O. The van der Waals surface area contributed by atoms with Crippen LogP contribution >= 0.6 is 23.2 Å². The summed E-state index contributed by atoms with van der Waals surface area (Å²) in [6.07, 6.45) is 1.77. The summed E-state index contributed by atoms with van der Waals surface area (Å²) in [6, 6.07) is 9.30. The van der Waals surface area contributed by atoms with Crippen LogP contribution in [-0.2, 0) is 26.2 Å². The molecular weight excluding hydrogens is 509 g/mol. The third-order valence-corrected chi connectivity index (χ3v) is 7.69. The average molecular weight is 543 g/mol. The van der Waals surface area contributed by atoms with Crippen LogP contribution < -0.4 is 9.62 Å². The van der Waals surface area contributed by atoms with Crippen LogP contribution in [0.5, 0.6) is 0 Å². The number of carbonyl (C=O) groups is 2. The molecular formula is C25H33Cl2N3O4S. The second kappa shape index (κ2) is 12.1. The molecule has 0 fully saturated rings. The molecule has 0 unspecified atom stereocenters. The summed E-state index contributed by atoms with van der Waals surface area (Å²) in [6.45, 7) is 8.56. The van der Waals surface area contributed by atoms with E-state index in [0.717, 1.165) is 22.5 Å². The minimum absolute atomic E-state index is 0.0586. The van der Waals surface area contributed by atoms with Crippen molar-refractivity contribution in [2.75, 3.05) is 17.1 Å². The van der Waals surface area contributed by atoms with Gasteiger partial charge in [0.25, 0.3) is 0 Å². The highest BCUT2D eigenvalue weighted by atomic mass is 35.5. The molecule has 2 aromatic rings. The van der Waals surface area contributed by atoms with Gasteiger partial charge in [0.2, 0.25) is 21.8 Å². The van der Waals surface area contributed by atoms with Gasteiger partial charge >= 0.3 is 0 Å². The van der Waals surface area contributed by atoms with Crippen LogP contribution in [-0.4, -0.2) is 50.0 Å². The van der Waals surface area contributed by atoms with Gasteiger partial charge in [0.05, 0.1) is 11.9 Å². The number of amides is 2. The molecule has 2 aromatic carbocycles. The lowest BCUT2D eigenvalue weighted by Gasteiger charge is -2.32. The van der Waals surface area contributed by atoms with Gasteiger partial charge in [0, 0.05) is 28.2 Å². The number of halogens is 2. The zero-order chi connectivity index (χ0) is 26.5. The number of rotatable bonds is 10. The van der Waals surface area contributed by atoms with Crippen molar-refractivity contribution < 1.29 is 18.0 Å². The van der Waals surface area contributed by atoms with E-state index in [2.05, 4.69) is 5.32 Å². The number of hydrogen-bond donors (Lipinski definition) is 1. The Morgan fingerprint density at radius 3 is 2.17 bits per heavy atom. The molecule has 0 radical (unpaired) electrons. The number of benzene rings is 2.